The van der Waals surface area contributed by atoms with Gasteiger partial charge in [0.25, 0.3) is 5.91 Å². The zero-order valence-electron chi connectivity index (χ0n) is 17.0. The lowest BCUT2D eigenvalue weighted by molar-refractivity contribution is -0.137. The van der Waals surface area contributed by atoms with Crippen LogP contribution in [0.5, 0.6) is 0 Å². The number of aromatic nitrogens is 2. The Morgan fingerprint density at radius 1 is 1.16 bits per heavy atom. The molecule has 0 bridgehead atoms. The first-order chi connectivity index (χ1) is 14.9. The SMILES string of the molecule is O=C(c1cccs1)N(Cc1nccn1Cc1cccc(C(F)(F)F)c1)C1CCCCC1. The van der Waals surface area contributed by atoms with E-state index in [0.29, 0.717) is 22.8 Å². The van der Waals surface area contributed by atoms with E-state index < -0.39 is 11.7 Å². The largest absolute Gasteiger partial charge is 0.416 e. The second kappa shape index (κ2) is 9.26. The van der Waals surface area contributed by atoms with Crippen LogP contribution in [0.4, 0.5) is 13.2 Å². The molecule has 0 atom stereocenters. The molecule has 4 nitrogen and oxygen atoms in total. The van der Waals surface area contributed by atoms with Gasteiger partial charge < -0.3 is 9.47 Å². The third kappa shape index (κ3) is 5.18. The van der Waals surface area contributed by atoms with Crippen molar-refractivity contribution < 1.29 is 18.0 Å². The van der Waals surface area contributed by atoms with Gasteiger partial charge in [0.15, 0.2) is 0 Å². The maximum atomic E-state index is 13.2. The van der Waals surface area contributed by atoms with Crippen molar-refractivity contribution in [3.8, 4) is 0 Å². The van der Waals surface area contributed by atoms with Crippen LogP contribution in [0, 0.1) is 0 Å². The number of carbonyl (C=O) groups is 1. The summed E-state index contributed by atoms with van der Waals surface area (Å²) in [4.78, 5) is 20.3. The number of carbonyl (C=O) groups excluding carboxylic acids is 1. The zero-order chi connectivity index (χ0) is 21.8. The quantitative estimate of drug-likeness (QED) is 0.466. The van der Waals surface area contributed by atoms with Gasteiger partial charge in [0.2, 0.25) is 0 Å². The van der Waals surface area contributed by atoms with Crippen molar-refractivity contribution in [3.05, 3.63) is 76.0 Å². The first kappa shape index (κ1) is 21.6. The van der Waals surface area contributed by atoms with Gasteiger partial charge in [0, 0.05) is 25.0 Å². The van der Waals surface area contributed by atoms with Crippen molar-refractivity contribution in [2.75, 3.05) is 0 Å². The molecule has 4 rings (SSSR count). The maximum Gasteiger partial charge on any atom is 0.416 e. The number of hydrogen-bond donors (Lipinski definition) is 0. The van der Waals surface area contributed by atoms with Crippen molar-refractivity contribution in [3.63, 3.8) is 0 Å². The lowest BCUT2D eigenvalue weighted by Gasteiger charge is -2.34. The van der Waals surface area contributed by atoms with E-state index in [1.165, 1.54) is 29.9 Å². The van der Waals surface area contributed by atoms with Crippen molar-refractivity contribution in [2.45, 2.75) is 57.4 Å². The van der Waals surface area contributed by atoms with Gasteiger partial charge in [-0.3, -0.25) is 4.79 Å². The van der Waals surface area contributed by atoms with Crippen LogP contribution >= 0.6 is 11.3 Å². The van der Waals surface area contributed by atoms with E-state index in [9.17, 15) is 18.0 Å². The van der Waals surface area contributed by atoms with Gasteiger partial charge in [0.05, 0.1) is 17.0 Å². The van der Waals surface area contributed by atoms with Crippen LogP contribution in [0.3, 0.4) is 0 Å². The van der Waals surface area contributed by atoms with Gasteiger partial charge in [-0.1, -0.05) is 37.5 Å². The van der Waals surface area contributed by atoms with Gasteiger partial charge in [-0.25, -0.2) is 4.98 Å². The number of imidazole rings is 1. The Hall–Kier alpha value is -2.61. The fraction of sp³-hybridized carbons (Fsp3) is 0.391. The molecule has 1 aliphatic rings. The normalized spacial score (nSPS) is 15.2. The molecule has 31 heavy (non-hydrogen) atoms. The van der Waals surface area contributed by atoms with E-state index in [1.807, 2.05) is 27.0 Å². The molecule has 8 heteroatoms. The Morgan fingerprint density at radius 3 is 2.68 bits per heavy atom. The minimum absolute atomic E-state index is 0.00415. The van der Waals surface area contributed by atoms with E-state index in [-0.39, 0.29) is 18.5 Å². The van der Waals surface area contributed by atoms with Crippen LogP contribution in [-0.2, 0) is 19.3 Å². The first-order valence-electron chi connectivity index (χ1n) is 10.4. The molecule has 1 amide bonds. The van der Waals surface area contributed by atoms with Gasteiger partial charge in [-0.15, -0.1) is 11.3 Å². The number of nitrogens with zero attached hydrogens (tertiary/aromatic N) is 3. The highest BCUT2D eigenvalue weighted by molar-refractivity contribution is 7.12. The van der Waals surface area contributed by atoms with Crippen LogP contribution in [0.2, 0.25) is 0 Å². The highest BCUT2D eigenvalue weighted by Crippen LogP contribution is 2.30. The number of benzene rings is 1. The van der Waals surface area contributed by atoms with E-state index in [2.05, 4.69) is 4.98 Å². The molecule has 1 saturated carbocycles. The minimum Gasteiger partial charge on any atom is -0.329 e. The number of amides is 1. The lowest BCUT2D eigenvalue weighted by atomic mass is 9.94. The monoisotopic (exact) mass is 447 g/mol. The number of alkyl halides is 3. The zero-order valence-corrected chi connectivity index (χ0v) is 17.8. The molecule has 0 unspecified atom stereocenters. The smallest absolute Gasteiger partial charge is 0.329 e. The molecule has 1 fully saturated rings. The van der Waals surface area contributed by atoms with Crippen molar-refractivity contribution in [1.29, 1.82) is 0 Å². The van der Waals surface area contributed by atoms with E-state index >= 15 is 0 Å². The number of thiophene rings is 1. The van der Waals surface area contributed by atoms with Crippen LogP contribution in [-0.4, -0.2) is 26.4 Å². The molecule has 2 aromatic heterocycles. The maximum absolute atomic E-state index is 13.2. The molecule has 0 saturated heterocycles. The van der Waals surface area contributed by atoms with Crippen molar-refractivity contribution in [2.24, 2.45) is 0 Å². The summed E-state index contributed by atoms with van der Waals surface area (Å²) in [6, 6.07) is 9.19. The van der Waals surface area contributed by atoms with E-state index in [4.69, 9.17) is 0 Å². The number of hydrogen-bond acceptors (Lipinski definition) is 3. The van der Waals surface area contributed by atoms with Crippen LogP contribution in [0.15, 0.2) is 54.2 Å². The van der Waals surface area contributed by atoms with Crippen molar-refractivity contribution in [1.82, 2.24) is 14.5 Å². The Kier molecular flexibility index (Phi) is 6.46. The predicted octanol–water partition coefficient (Wildman–Crippen LogP) is 5.99. The van der Waals surface area contributed by atoms with E-state index in [1.54, 1.807) is 18.5 Å². The molecule has 1 aromatic carbocycles. The summed E-state index contributed by atoms with van der Waals surface area (Å²) < 4.78 is 41.0. The first-order valence-corrected chi connectivity index (χ1v) is 11.3. The van der Waals surface area contributed by atoms with Gasteiger partial charge in [0.1, 0.15) is 5.82 Å². The molecule has 164 valence electrons. The summed E-state index contributed by atoms with van der Waals surface area (Å²) in [5.41, 5.74) is -0.119. The second-order valence-corrected chi connectivity index (χ2v) is 8.82. The number of rotatable bonds is 6. The molecule has 0 radical (unpaired) electrons. The topological polar surface area (TPSA) is 38.1 Å². The van der Waals surface area contributed by atoms with Crippen LogP contribution < -0.4 is 0 Å². The minimum atomic E-state index is -4.38. The average Bonchev–Trinajstić information content (AvgIpc) is 3.44. The summed E-state index contributed by atoms with van der Waals surface area (Å²) in [5, 5.41) is 1.89. The van der Waals surface area contributed by atoms with E-state index in [0.717, 1.165) is 31.7 Å². The highest BCUT2D eigenvalue weighted by Gasteiger charge is 2.31. The Bertz CT molecular complexity index is 1010. The van der Waals surface area contributed by atoms with Gasteiger partial charge in [-0.05, 0) is 42.0 Å². The molecule has 3 aromatic rings. The predicted molar refractivity (Wildman–Crippen MR) is 114 cm³/mol. The van der Waals surface area contributed by atoms with Gasteiger partial charge >= 0.3 is 6.18 Å². The summed E-state index contributed by atoms with van der Waals surface area (Å²) in [7, 11) is 0. The summed E-state index contributed by atoms with van der Waals surface area (Å²) in [5.74, 6) is 0.670. The fourth-order valence-electron chi connectivity index (χ4n) is 4.13. The molecule has 0 spiro atoms. The summed E-state index contributed by atoms with van der Waals surface area (Å²) in [6.07, 6.45) is 4.31. The molecular formula is C23H24F3N3OS. The summed E-state index contributed by atoms with van der Waals surface area (Å²) >= 11 is 1.42. The standard InChI is InChI=1S/C23H24F3N3OS/c24-23(25,26)18-7-4-6-17(14-18)15-28-12-11-27-21(28)16-29(19-8-2-1-3-9-19)22(30)20-10-5-13-31-20/h4-7,10-14,19H,1-3,8-9,15-16H2. The molecular weight excluding hydrogens is 423 g/mol. The molecule has 0 N–H and O–H groups in total. The number of halogens is 3. The van der Waals surface area contributed by atoms with Crippen molar-refractivity contribution >= 4 is 17.2 Å². The third-order valence-corrected chi connectivity index (χ3v) is 6.59. The third-order valence-electron chi connectivity index (χ3n) is 5.73. The molecule has 0 aliphatic heterocycles. The Labute approximate surface area is 183 Å². The average molecular weight is 448 g/mol. The molecule has 1 aliphatic carbocycles. The van der Waals surface area contributed by atoms with Crippen LogP contribution in [0.1, 0.15) is 58.7 Å². The molecule has 2 heterocycles. The Morgan fingerprint density at radius 2 is 1.97 bits per heavy atom. The summed E-state index contributed by atoms with van der Waals surface area (Å²) in [6.45, 7) is 0.609. The van der Waals surface area contributed by atoms with Crippen LogP contribution in [0.25, 0.3) is 0 Å². The van der Waals surface area contributed by atoms with Gasteiger partial charge in [-0.2, -0.15) is 13.2 Å². The fourth-order valence-corrected chi connectivity index (χ4v) is 4.81. The second-order valence-electron chi connectivity index (χ2n) is 7.87. The highest BCUT2D eigenvalue weighted by atomic mass is 32.1. The Balaban J connectivity index is 1.56. The lowest BCUT2D eigenvalue weighted by Crippen LogP contribution is -2.41.